The molecule has 0 atom stereocenters. The third-order valence-corrected chi connectivity index (χ3v) is 2.84. The second-order valence-corrected chi connectivity index (χ2v) is 4.02. The first-order chi connectivity index (χ1) is 7.22. The first-order valence-electron chi connectivity index (χ1n) is 4.63. The quantitative estimate of drug-likeness (QED) is 0.771. The Kier molecular flexibility index (Phi) is 3.03. The number of H-pyrrole nitrogens is 1. The van der Waals surface area contributed by atoms with Crippen LogP contribution in [0.15, 0.2) is 24.3 Å². The largest absolute Gasteiger partial charge is 0.345 e. The van der Waals surface area contributed by atoms with Crippen LogP contribution in [-0.2, 0) is 5.75 Å². The monoisotopic (exact) mass is 238 g/mol. The van der Waals surface area contributed by atoms with E-state index in [-0.39, 0.29) is 0 Å². The van der Waals surface area contributed by atoms with Gasteiger partial charge in [-0.3, -0.25) is 0 Å². The van der Waals surface area contributed by atoms with Gasteiger partial charge in [-0.15, -0.1) is 0 Å². The molecule has 0 aliphatic rings. The molecule has 0 radical (unpaired) electrons. The number of rotatable bonds is 2. The lowest BCUT2D eigenvalue weighted by molar-refractivity contribution is 1.11. The van der Waals surface area contributed by atoms with Crippen molar-refractivity contribution >= 4 is 24.2 Å². The zero-order valence-electron chi connectivity index (χ0n) is 8.29. The molecule has 1 aromatic carbocycles. The summed E-state index contributed by atoms with van der Waals surface area (Å²) in [6.07, 6.45) is 0. The highest BCUT2D eigenvalue weighted by Crippen LogP contribution is 2.28. The van der Waals surface area contributed by atoms with Crippen molar-refractivity contribution in [1.82, 2.24) is 9.97 Å². The summed E-state index contributed by atoms with van der Waals surface area (Å²) in [5, 5.41) is 0.720. The van der Waals surface area contributed by atoms with Crippen LogP contribution in [0.3, 0.4) is 0 Å². The highest BCUT2D eigenvalue weighted by molar-refractivity contribution is 7.79. The highest BCUT2D eigenvalue weighted by atomic mass is 35.5. The molecule has 0 saturated heterocycles. The Hall–Kier alpha value is -0.930. The lowest BCUT2D eigenvalue weighted by Gasteiger charge is -2.00. The van der Waals surface area contributed by atoms with E-state index in [0.29, 0.717) is 5.75 Å². The van der Waals surface area contributed by atoms with Crippen LogP contribution in [-0.4, -0.2) is 9.97 Å². The summed E-state index contributed by atoms with van der Waals surface area (Å²) in [6.45, 7) is 1.98. The Balaban J connectivity index is 2.54. The summed E-state index contributed by atoms with van der Waals surface area (Å²) in [7, 11) is 0. The SMILES string of the molecule is Cc1[nH]c(CS)nc1-c1ccccc1Cl. The van der Waals surface area contributed by atoms with E-state index in [4.69, 9.17) is 11.6 Å². The van der Waals surface area contributed by atoms with Gasteiger partial charge < -0.3 is 4.98 Å². The highest BCUT2D eigenvalue weighted by Gasteiger charge is 2.10. The number of halogens is 1. The summed E-state index contributed by atoms with van der Waals surface area (Å²) in [6, 6.07) is 7.70. The Morgan fingerprint density at radius 2 is 2.13 bits per heavy atom. The number of nitrogens with zero attached hydrogens (tertiary/aromatic N) is 1. The van der Waals surface area contributed by atoms with E-state index in [1.165, 1.54) is 0 Å². The summed E-state index contributed by atoms with van der Waals surface area (Å²) in [5.41, 5.74) is 2.89. The van der Waals surface area contributed by atoms with Gasteiger partial charge in [-0.1, -0.05) is 29.8 Å². The van der Waals surface area contributed by atoms with Crippen LogP contribution >= 0.6 is 24.2 Å². The van der Waals surface area contributed by atoms with Crippen molar-refractivity contribution in [2.45, 2.75) is 12.7 Å². The molecule has 0 saturated carbocycles. The summed E-state index contributed by atoms with van der Waals surface area (Å²) in [4.78, 5) is 7.62. The fraction of sp³-hybridized carbons (Fsp3) is 0.182. The number of aromatic amines is 1. The van der Waals surface area contributed by atoms with E-state index in [9.17, 15) is 0 Å². The van der Waals surface area contributed by atoms with Crippen LogP contribution in [0.4, 0.5) is 0 Å². The molecule has 1 heterocycles. The molecule has 78 valence electrons. The molecule has 1 aromatic heterocycles. The first kappa shape index (κ1) is 10.6. The van der Waals surface area contributed by atoms with E-state index in [1.54, 1.807) is 0 Å². The maximum atomic E-state index is 6.11. The molecule has 0 spiro atoms. The van der Waals surface area contributed by atoms with Crippen LogP contribution in [0.2, 0.25) is 5.02 Å². The molecule has 0 unspecified atom stereocenters. The smallest absolute Gasteiger partial charge is 0.116 e. The van der Waals surface area contributed by atoms with Crippen molar-refractivity contribution in [2.24, 2.45) is 0 Å². The summed E-state index contributed by atoms with van der Waals surface area (Å²) in [5.74, 6) is 1.47. The molecule has 0 fully saturated rings. The van der Waals surface area contributed by atoms with Crippen molar-refractivity contribution in [2.75, 3.05) is 0 Å². The van der Waals surface area contributed by atoms with Gasteiger partial charge in [-0.25, -0.2) is 4.98 Å². The molecule has 0 aliphatic carbocycles. The van der Waals surface area contributed by atoms with Crippen molar-refractivity contribution in [1.29, 1.82) is 0 Å². The van der Waals surface area contributed by atoms with Crippen LogP contribution < -0.4 is 0 Å². The minimum Gasteiger partial charge on any atom is -0.345 e. The molecule has 4 heteroatoms. The van der Waals surface area contributed by atoms with Crippen molar-refractivity contribution in [3.05, 3.63) is 40.8 Å². The molecule has 0 amide bonds. The predicted molar refractivity (Wildman–Crippen MR) is 66.5 cm³/mol. The van der Waals surface area contributed by atoms with Crippen LogP contribution in [0, 0.1) is 6.92 Å². The Labute approximate surface area is 99.1 Å². The maximum absolute atomic E-state index is 6.11. The molecule has 2 aromatic rings. The van der Waals surface area contributed by atoms with Gasteiger partial charge in [-0.05, 0) is 13.0 Å². The first-order valence-corrected chi connectivity index (χ1v) is 5.64. The van der Waals surface area contributed by atoms with Gasteiger partial charge in [0.15, 0.2) is 0 Å². The van der Waals surface area contributed by atoms with E-state index < -0.39 is 0 Å². The van der Waals surface area contributed by atoms with Crippen LogP contribution in [0.25, 0.3) is 11.3 Å². The number of imidazole rings is 1. The number of nitrogens with one attached hydrogen (secondary N) is 1. The Bertz CT molecular complexity index is 479. The zero-order chi connectivity index (χ0) is 10.8. The second kappa shape index (κ2) is 4.29. The fourth-order valence-electron chi connectivity index (χ4n) is 1.51. The minimum absolute atomic E-state index is 0.602. The van der Waals surface area contributed by atoms with Crippen molar-refractivity contribution < 1.29 is 0 Å². The third kappa shape index (κ3) is 2.03. The molecule has 15 heavy (non-hydrogen) atoms. The molecular weight excluding hydrogens is 228 g/mol. The average Bonchev–Trinajstić information content (AvgIpc) is 2.60. The predicted octanol–water partition coefficient (Wildman–Crippen LogP) is 3.47. The molecule has 2 rings (SSSR count). The topological polar surface area (TPSA) is 28.7 Å². The molecule has 0 aliphatic heterocycles. The number of hydrogen-bond donors (Lipinski definition) is 2. The molecule has 1 N–H and O–H groups in total. The van der Waals surface area contributed by atoms with E-state index >= 15 is 0 Å². The third-order valence-electron chi connectivity index (χ3n) is 2.21. The van der Waals surface area contributed by atoms with E-state index in [1.807, 2.05) is 31.2 Å². The summed E-state index contributed by atoms with van der Waals surface area (Å²) < 4.78 is 0. The normalized spacial score (nSPS) is 10.6. The number of aryl methyl sites for hydroxylation is 1. The Morgan fingerprint density at radius 1 is 1.40 bits per heavy atom. The van der Waals surface area contributed by atoms with Gasteiger partial charge in [0.05, 0.1) is 10.7 Å². The number of benzene rings is 1. The van der Waals surface area contributed by atoms with Gasteiger partial charge in [0.25, 0.3) is 0 Å². The number of thiol groups is 1. The van der Waals surface area contributed by atoms with Gasteiger partial charge >= 0.3 is 0 Å². The average molecular weight is 239 g/mol. The maximum Gasteiger partial charge on any atom is 0.116 e. The molecule has 0 bridgehead atoms. The standard InChI is InChI=1S/C11H11ClN2S/c1-7-11(14-10(6-15)13-7)8-4-2-3-5-9(8)12/h2-5,15H,6H2,1H3,(H,13,14). The summed E-state index contributed by atoms with van der Waals surface area (Å²) >= 11 is 10.3. The van der Waals surface area contributed by atoms with Gasteiger partial charge in [0, 0.05) is 17.0 Å². The minimum atomic E-state index is 0.602. The van der Waals surface area contributed by atoms with Crippen LogP contribution in [0.5, 0.6) is 0 Å². The zero-order valence-corrected chi connectivity index (χ0v) is 9.94. The molecular formula is C11H11ClN2S. The second-order valence-electron chi connectivity index (χ2n) is 3.30. The lowest BCUT2D eigenvalue weighted by Crippen LogP contribution is -1.82. The number of hydrogen-bond acceptors (Lipinski definition) is 2. The van der Waals surface area contributed by atoms with E-state index in [0.717, 1.165) is 27.8 Å². The Morgan fingerprint density at radius 3 is 2.73 bits per heavy atom. The van der Waals surface area contributed by atoms with Gasteiger partial charge in [0.1, 0.15) is 5.82 Å². The lowest BCUT2D eigenvalue weighted by atomic mass is 10.1. The molecule has 2 nitrogen and oxygen atoms in total. The van der Waals surface area contributed by atoms with Crippen LogP contribution in [0.1, 0.15) is 11.5 Å². The number of aromatic nitrogens is 2. The fourth-order valence-corrected chi connectivity index (χ4v) is 1.89. The van der Waals surface area contributed by atoms with E-state index in [2.05, 4.69) is 22.6 Å². The van der Waals surface area contributed by atoms with Gasteiger partial charge in [-0.2, -0.15) is 12.6 Å². The van der Waals surface area contributed by atoms with Crippen molar-refractivity contribution in [3.8, 4) is 11.3 Å². The van der Waals surface area contributed by atoms with Gasteiger partial charge in [0.2, 0.25) is 0 Å². The van der Waals surface area contributed by atoms with Crippen molar-refractivity contribution in [3.63, 3.8) is 0 Å².